The minimum absolute atomic E-state index is 0.336. The topological polar surface area (TPSA) is 48.0 Å². The van der Waals surface area contributed by atoms with Crippen LogP contribution in [0.4, 0.5) is 5.69 Å². The van der Waals surface area contributed by atoms with Gasteiger partial charge in [-0.05, 0) is 103 Å². The molecule has 0 amide bonds. The minimum atomic E-state index is 0.336. The molecule has 0 aliphatic heterocycles. The fourth-order valence-corrected chi connectivity index (χ4v) is 10.7. The van der Waals surface area contributed by atoms with E-state index in [1.807, 2.05) is 24.3 Å². The summed E-state index contributed by atoms with van der Waals surface area (Å²) in [5.41, 5.74) is 10.9. The molecule has 6 aromatic carbocycles. The number of rotatable bonds is 6. The molecule has 4 aliphatic carbocycles. The Morgan fingerprint density at radius 3 is 1.64 bits per heavy atom. The summed E-state index contributed by atoms with van der Waals surface area (Å²) >= 11 is 0. The molecule has 4 fully saturated rings. The fraction of sp³-hybridized carbons (Fsp3) is 0.200. The maximum absolute atomic E-state index is 7.48. The van der Waals surface area contributed by atoms with Gasteiger partial charge in [0.2, 0.25) is 0 Å². The van der Waals surface area contributed by atoms with Crippen molar-refractivity contribution in [2.45, 2.75) is 43.9 Å². The molecule has 12 rings (SSSR count). The second kappa shape index (κ2) is 12.6. The van der Waals surface area contributed by atoms with Gasteiger partial charge < -0.3 is 4.57 Å². The summed E-state index contributed by atoms with van der Waals surface area (Å²) in [6, 6.07) is 51.2. The van der Waals surface area contributed by atoms with Crippen molar-refractivity contribution in [3.05, 3.63) is 163 Å². The lowest BCUT2D eigenvalue weighted by Gasteiger charge is -2.57. The molecule has 4 saturated carbocycles. The summed E-state index contributed by atoms with van der Waals surface area (Å²) in [5.74, 6) is 4.58. The van der Waals surface area contributed by atoms with Gasteiger partial charge in [-0.15, -0.1) is 0 Å². The van der Waals surface area contributed by atoms with Crippen molar-refractivity contribution in [3.8, 4) is 51.0 Å². The first kappa shape index (κ1) is 32.1. The molecule has 0 atom stereocenters. The third-order valence-corrected chi connectivity index (χ3v) is 12.8. The Labute approximate surface area is 321 Å². The van der Waals surface area contributed by atoms with Gasteiger partial charge >= 0.3 is 0 Å². The van der Waals surface area contributed by atoms with Gasteiger partial charge in [0.15, 0.2) is 23.2 Å². The maximum Gasteiger partial charge on any atom is 0.187 e. The number of benzene rings is 6. The van der Waals surface area contributed by atoms with Crippen LogP contribution in [0.25, 0.3) is 77.6 Å². The monoisotopic (exact) mass is 709 g/mol. The van der Waals surface area contributed by atoms with Gasteiger partial charge in [0, 0.05) is 33.2 Å². The van der Waals surface area contributed by atoms with Crippen LogP contribution in [0.1, 0.15) is 44.1 Å². The van der Waals surface area contributed by atoms with Crippen LogP contribution in [0.3, 0.4) is 0 Å². The first-order chi connectivity index (χ1) is 27.1. The van der Waals surface area contributed by atoms with E-state index in [1.165, 1.54) is 66.0 Å². The molecule has 0 saturated heterocycles. The Bertz CT molecular complexity index is 2740. The predicted molar refractivity (Wildman–Crippen MR) is 222 cm³/mol. The van der Waals surface area contributed by atoms with Gasteiger partial charge in [0.25, 0.3) is 0 Å². The number of hydrogen-bond donors (Lipinski definition) is 0. The molecule has 0 N–H and O–H groups in total. The third kappa shape index (κ3) is 5.47. The summed E-state index contributed by atoms with van der Waals surface area (Å²) in [5, 5.41) is 2.38. The molecular formula is C50H39N5. The molecular weight excluding hydrogens is 671 g/mol. The molecule has 264 valence electrons. The van der Waals surface area contributed by atoms with Crippen LogP contribution in [0.5, 0.6) is 0 Å². The second-order valence-corrected chi connectivity index (χ2v) is 16.2. The summed E-state index contributed by atoms with van der Waals surface area (Å²) in [7, 11) is 0. The fourth-order valence-electron chi connectivity index (χ4n) is 10.7. The largest absolute Gasteiger partial charge is 0.309 e. The summed E-state index contributed by atoms with van der Waals surface area (Å²) in [4.78, 5) is 19.0. The molecule has 5 heteroatoms. The highest BCUT2D eigenvalue weighted by Gasteiger charge is 2.51. The SMILES string of the molecule is [C-]#[N+]c1ccc(-c2nc(-c3ccc(C45CC6CC(CC(C6)C4)C5)cc3)nc(-c3ccc4c5ccccc5n(-c5ccc(-c6ccccc6)cc5)c4c3)n2)cc1. The molecule has 2 heterocycles. The van der Waals surface area contributed by atoms with Gasteiger partial charge in [-0.25, -0.2) is 19.8 Å². The van der Waals surface area contributed by atoms with E-state index in [-0.39, 0.29) is 0 Å². The van der Waals surface area contributed by atoms with Crippen LogP contribution in [0, 0.1) is 24.3 Å². The van der Waals surface area contributed by atoms with Crippen molar-refractivity contribution in [1.29, 1.82) is 0 Å². The Kier molecular flexibility index (Phi) is 7.35. The Balaban J connectivity index is 1.03. The average Bonchev–Trinajstić information content (AvgIpc) is 3.57. The van der Waals surface area contributed by atoms with Crippen LogP contribution >= 0.6 is 0 Å². The zero-order chi connectivity index (χ0) is 36.5. The minimum Gasteiger partial charge on any atom is -0.309 e. The highest BCUT2D eigenvalue weighted by molar-refractivity contribution is 6.10. The van der Waals surface area contributed by atoms with E-state index in [4.69, 9.17) is 21.5 Å². The van der Waals surface area contributed by atoms with E-state index in [0.29, 0.717) is 28.6 Å². The Morgan fingerprint density at radius 2 is 1.00 bits per heavy atom. The van der Waals surface area contributed by atoms with Crippen molar-refractivity contribution in [2.75, 3.05) is 0 Å². The van der Waals surface area contributed by atoms with Crippen molar-refractivity contribution in [3.63, 3.8) is 0 Å². The smallest absolute Gasteiger partial charge is 0.187 e. The number of nitrogens with zero attached hydrogens (tertiary/aromatic N) is 5. The lowest BCUT2D eigenvalue weighted by Crippen LogP contribution is -2.48. The van der Waals surface area contributed by atoms with Crippen molar-refractivity contribution in [2.24, 2.45) is 17.8 Å². The molecule has 8 aromatic rings. The van der Waals surface area contributed by atoms with Crippen LogP contribution < -0.4 is 0 Å². The van der Waals surface area contributed by atoms with E-state index in [9.17, 15) is 0 Å². The number of aromatic nitrogens is 4. The predicted octanol–water partition coefficient (Wildman–Crippen LogP) is 12.7. The second-order valence-electron chi connectivity index (χ2n) is 16.2. The van der Waals surface area contributed by atoms with Gasteiger partial charge in [-0.2, -0.15) is 0 Å². The number of hydrogen-bond acceptors (Lipinski definition) is 3. The van der Waals surface area contributed by atoms with E-state index in [2.05, 4.69) is 131 Å². The summed E-state index contributed by atoms with van der Waals surface area (Å²) < 4.78 is 2.35. The first-order valence-electron chi connectivity index (χ1n) is 19.6. The van der Waals surface area contributed by atoms with Gasteiger partial charge in [-0.1, -0.05) is 121 Å². The van der Waals surface area contributed by atoms with E-state index >= 15 is 0 Å². The quantitative estimate of drug-likeness (QED) is 0.162. The van der Waals surface area contributed by atoms with Gasteiger partial charge in [0.05, 0.1) is 17.6 Å². The molecule has 4 bridgehead atoms. The normalized spacial score (nSPS) is 21.3. The number of fused-ring (bicyclic) bond motifs is 3. The highest BCUT2D eigenvalue weighted by atomic mass is 15.0. The van der Waals surface area contributed by atoms with Crippen LogP contribution in [0.15, 0.2) is 146 Å². The molecule has 4 aliphatic rings. The number of para-hydroxylation sites is 1. The zero-order valence-corrected chi connectivity index (χ0v) is 30.6. The lowest BCUT2D eigenvalue weighted by atomic mass is 9.48. The van der Waals surface area contributed by atoms with Gasteiger partial charge in [0.1, 0.15) is 0 Å². The molecule has 5 nitrogen and oxygen atoms in total. The zero-order valence-electron chi connectivity index (χ0n) is 30.6. The molecule has 0 spiro atoms. The van der Waals surface area contributed by atoms with E-state index < -0.39 is 0 Å². The lowest BCUT2D eigenvalue weighted by molar-refractivity contribution is -0.00518. The Hall–Kier alpha value is -6.38. The first-order valence-corrected chi connectivity index (χ1v) is 19.6. The van der Waals surface area contributed by atoms with E-state index in [1.54, 1.807) is 0 Å². The van der Waals surface area contributed by atoms with Crippen LogP contribution in [0.2, 0.25) is 0 Å². The summed E-state index contributed by atoms with van der Waals surface area (Å²) in [6.07, 6.45) is 8.35. The van der Waals surface area contributed by atoms with E-state index in [0.717, 1.165) is 51.2 Å². The van der Waals surface area contributed by atoms with Gasteiger partial charge in [-0.3, -0.25) is 0 Å². The maximum atomic E-state index is 7.48. The standard InChI is InChI=1S/C50H39N5/c1-51-41-20-13-38(14-21-41)48-52-47(37-11-18-40(19-12-37)50-29-32-25-33(30-50)27-34(26-32)31-50)53-49(54-48)39-17-24-44-43-9-5-6-10-45(43)55(46(44)28-39)42-22-15-36(16-23-42)35-7-3-2-4-8-35/h2-24,28,32-34H,25-27,29-31H2. The molecule has 0 radical (unpaired) electrons. The molecule has 0 unspecified atom stereocenters. The van der Waals surface area contributed by atoms with Crippen LogP contribution in [-0.4, -0.2) is 19.5 Å². The third-order valence-electron chi connectivity index (χ3n) is 12.8. The van der Waals surface area contributed by atoms with Crippen LogP contribution in [-0.2, 0) is 5.41 Å². The molecule has 2 aromatic heterocycles. The van der Waals surface area contributed by atoms with Crippen molar-refractivity contribution in [1.82, 2.24) is 19.5 Å². The summed E-state index contributed by atoms with van der Waals surface area (Å²) in [6.45, 7) is 7.48. The van der Waals surface area contributed by atoms with Crippen molar-refractivity contribution < 1.29 is 0 Å². The average molecular weight is 710 g/mol. The Morgan fingerprint density at radius 1 is 0.491 bits per heavy atom. The van der Waals surface area contributed by atoms with Crippen molar-refractivity contribution >= 4 is 27.5 Å². The molecule has 55 heavy (non-hydrogen) atoms. The highest BCUT2D eigenvalue weighted by Crippen LogP contribution is 2.60.